The lowest BCUT2D eigenvalue weighted by molar-refractivity contribution is 0.414. The van der Waals surface area contributed by atoms with Gasteiger partial charge in [0, 0.05) is 28.4 Å². The molecule has 4 aromatic rings. The van der Waals surface area contributed by atoms with Crippen molar-refractivity contribution >= 4 is 17.5 Å². The lowest BCUT2D eigenvalue weighted by atomic mass is 9.68. The fraction of sp³-hybridized carbons (Fsp3) is 0.370. The number of nitrogens with zero attached hydrogens (tertiary/aromatic N) is 4. The fourth-order valence-corrected chi connectivity index (χ4v) is 6.65. The molecule has 2 aromatic heterocycles. The molecule has 2 heterocycles. The highest BCUT2D eigenvalue weighted by Gasteiger charge is 2.45. The summed E-state index contributed by atoms with van der Waals surface area (Å²) in [5, 5.41) is 10.0. The molecule has 1 fully saturated rings. The predicted octanol–water partition coefficient (Wildman–Crippen LogP) is 5.43. The highest BCUT2D eigenvalue weighted by Crippen LogP contribution is 2.50. The van der Waals surface area contributed by atoms with E-state index in [1.807, 2.05) is 24.3 Å². The second-order valence-electron chi connectivity index (χ2n) is 9.35. The highest BCUT2D eigenvalue weighted by atomic mass is 32.2. The van der Waals surface area contributed by atoms with E-state index in [-0.39, 0.29) is 11.0 Å². The fourth-order valence-electron chi connectivity index (χ4n) is 5.86. The Morgan fingerprint density at radius 1 is 1.09 bits per heavy atom. The smallest absolute Gasteiger partial charge is 0.263 e. The summed E-state index contributed by atoms with van der Waals surface area (Å²) in [7, 11) is 1.64. The van der Waals surface area contributed by atoms with Crippen molar-refractivity contribution in [2.45, 2.75) is 56.0 Å². The van der Waals surface area contributed by atoms with Crippen molar-refractivity contribution in [3.63, 3.8) is 0 Å². The first-order valence-corrected chi connectivity index (χ1v) is 13.1. The monoisotopic (exact) mass is 472 g/mol. The van der Waals surface area contributed by atoms with Gasteiger partial charge in [-0.3, -0.25) is 9.20 Å². The van der Waals surface area contributed by atoms with E-state index < -0.39 is 0 Å². The van der Waals surface area contributed by atoms with Crippen LogP contribution in [-0.2, 0) is 11.8 Å². The first kappa shape index (κ1) is 21.5. The number of aromatic nitrogens is 4. The van der Waals surface area contributed by atoms with Crippen molar-refractivity contribution in [1.29, 1.82) is 0 Å². The minimum atomic E-state index is -0.146. The largest absolute Gasteiger partial charge is 0.497 e. The molecule has 0 bridgehead atoms. The molecule has 0 N–H and O–H groups in total. The van der Waals surface area contributed by atoms with Crippen LogP contribution in [0.15, 0.2) is 58.5 Å². The molecular formula is C27H28N4O2S. The molecule has 34 heavy (non-hydrogen) atoms. The summed E-state index contributed by atoms with van der Waals surface area (Å²) >= 11 is 1.70. The molecular weight excluding hydrogens is 444 g/mol. The Labute approximate surface area is 203 Å². The van der Waals surface area contributed by atoms with E-state index in [1.54, 1.807) is 23.4 Å². The van der Waals surface area contributed by atoms with Gasteiger partial charge in [-0.25, -0.2) is 4.57 Å². The van der Waals surface area contributed by atoms with Crippen molar-refractivity contribution in [2.24, 2.45) is 0 Å². The maximum Gasteiger partial charge on any atom is 0.263 e. The van der Waals surface area contributed by atoms with Gasteiger partial charge in [0.1, 0.15) is 5.75 Å². The van der Waals surface area contributed by atoms with Crippen LogP contribution in [0.4, 0.5) is 0 Å². The summed E-state index contributed by atoms with van der Waals surface area (Å²) in [6.45, 7) is 2.17. The number of rotatable bonds is 5. The zero-order chi connectivity index (χ0) is 23.3. The average Bonchev–Trinajstić information content (AvgIpc) is 3.50. The second kappa shape index (κ2) is 8.31. The molecule has 0 aliphatic heterocycles. The van der Waals surface area contributed by atoms with Crippen molar-refractivity contribution in [3.05, 3.63) is 70.0 Å². The van der Waals surface area contributed by atoms with Crippen LogP contribution in [0.5, 0.6) is 5.75 Å². The van der Waals surface area contributed by atoms with E-state index in [4.69, 9.17) is 4.74 Å². The van der Waals surface area contributed by atoms with E-state index in [0.717, 1.165) is 71.9 Å². The third-order valence-corrected chi connectivity index (χ3v) is 8.47. The van der Waals surface area contributed by atoms with Crippen LogP contribution in [0, 0.1) is 0 Å². The lowest BCUT2D eigenvalue weighted by Gasteiger charge is -2.37. The normalized spacial score (nSPS) is 16.1. The van der Waals surface area contributed by atoms with E-state index in [0.29, 0.717) is 11.5 Å². The van der Waals surface area contributed by atoms with Crippen molar-refractivity contribution in [3.8, 4) is 22.7 Å². The molecule has 0 amide bonds. The average molecular weight is 473 g/mol. The first-order chi connectivity index (χ1) is 16.7. The Balaban J connectivity index is 1.77. The first-order valence-electron chi connectivity index (χ1n) is 12.1. The number of methoxy groups -OCH3 is 1. The van der Waals surface area contributed by atoms with Gasteiger partial charge in [0.25, 0.3) is 5.56 Å². The number of benzene rings is 2. The Morgan fingerprint density at radius 2 is 1.91 bits per heavy atom. The summed E-state index contributed by atoms with van der Waals surface area (Å²) in [6.07, 6.45) is 6.32. The van der Waals surface area contributed by atoms with Crippen LogP contribution < -0.4 is 10.3 Å². The minimum absolute atomic E-state index is 0.0200. The van der Waals surface area contributed by atoms with Crippen LogP contribution in [-0.4, -0.2) is 32.0 Å². The predicted molar refractivity (Wildman–Crippen MR) is 135 cm³/mol. The summed E-state index contributed by atoms with van der Waals surface area (Å²) in [5.74, 6) is 2.21. The van der Waals surface area contributed by atoms with Gasteiger partial charge >= 0.3 is 0 Å². The van der Waals surface area contributed by atoms with E-state index in [9.17, 15) is 4.79 Å². The molecule has 0 unspecified atom stereocenters. The second-order valence-corrected chi connectivity index (χ2v) is 10.4. The minimum Gasteiger partial charge on any atom is -0.497 e. The summed E-state index contributed by atoms with van der Waals surface area (Å²) < 4.78 is 9.37. The molecule has 174 valence electrons. The molecule has 6 nitrogen and oxygen atoms in total. The summed E-state index contributed by atoms with van der Waals surface area (Å²) in [5.41, 5.74) is 5.00. The zero-order valence-electron chi connectivity index (χ0n) is 19.6. The molecule has 2 aliphatic carbocycles. The Hall–Kier alpha value is -3.06. The summed E-state index contributed by atoms with van der Waals surface area (Å²) in [6, 6.07) is 16.2. The van der Waals surface area contributed by atoms with E-state index in [1.165, 1.54) is 5.56 Å². The Bertz CT molecular complexity index is 1450. The standard InChI is InChI=1S/C27H28N4O2S/c1-3-15-34-26-29-28-25-30(19-10-8-11-20(16-19)33-2)24(32)22-23(31(25)26)21-12-5-4-9-18(21)17-27(22)13-6-7-14-27/h4-5,8-12,16H,3,6-7,13-15,17H2,1-2H3. The number of thioether (sulfide) groups is 1. The number of hydrogen-bond acceptors (Lipinski definition) is 5. The highest BCUT2D eigenvalue weighted by molar-refractivity contribution is 7.99. The molecule has 0 atom stereocenters. The number of ether oxygens (including phenoxy) is 1. The molecule has 2 aromatic carbocycles. The van der Waals surface area contributed by atoms with Gasteiger partial charge in [-0.15, -0.1) is 10.2 Å². The summed E-state index contributed by atoms with van der Waals surface area (Å²) in [4.78, 5) is 14.5. The van der Waals surface area contributed by atoms with Gasteiger partial charge in [0.15, 0.2) is 5.16 Å². The van der Waals surface area contributed by atoms with Crippen molar-refractivity contribution in [1.82, 2.24) is 19.2 Å². The quantitative estimate of drug-likeness (QED) is 0.363. The molecule has 7 heteroatoms. The van der Waals surface area contributed by atoms with Gasteiger partial charge in [0.2, 0.25) is 5.78 Å². The molecule has 2 aliphatic rings. The van der Waals surface area contributed by atoms with Gasteiger partial charge in [0.05, 0.1) is 18.5 Å². The third-order valence-electron chi connectivity index (χ3n) is 7.33. The third kappa shape index (κ3) is 3.13. The molecule has 1 saturated carbocycles. The van der Waals surface area contributed by atoms with Gasteiger partial charge < -0.3 is 4.74 Å². The van der Waals surface area contributed by atoms with Crippen molar-refractivity contribution < 1.29 is 4.74 Å². The molecule has 1 spiro atoms. The van der Waals surface area contributed by atoms with Crippen molar-refractivity contribution in [2.75, 3.05) is 12.9 Å². The van der Waals surface area contributed by atoms with Crippen LogP contribution in [0.25, 0.3) is 22.7 Å². The zero-order valence-corrected chi connectivity index (χ0v) is 20.4. The number of fused-ring (bicyclic) bond motifs is 6. The Morgan fingerprint density at radius 3 is 2.71 bits per heavy atom. The lowest BCUT2D eigenvalue weighted by Crippen LogP contribution is -2.40. The number of hydrogen-bond donors (Lipinski definition) is 0. The maximum atomic E-state index is 14.5. The van der Waals surface area contributed by atoms with Crippen LogP contribution in [0.3, 0.4) is 0 Å². The molecule has 0 radical (unpaired) electrons. The van der Waals surface area contributed by atoms with E-state index in [2.05, 4.69) is 45.8 Å². The molecule has 6 rings (SSSR count). The van der Waals surface area contributed by atoms with Gasteiger partial charge in [-0.2, -0.15) is 0 Å². The topological polar surface area (TPSA) is 61.4 Å². The van der Waals surface area contributed by atoms with E-state index >= 15 is 0 Å². The maximum absolute atomic E-state index is 14.5. The SMILES string of the molecule is CCCSc1nnc2n(-c3cccc(OC)c3)c(=O)c3c(n12)-c1ccccc1CC31CCCC1. The van der Waals surface area contributed by atoms with Crippen LogP contribution in [0.2, 0.25) is 0 Å². The molecule has 0 saturated heterocycles. The van der Waals surface area contributed by atoms with Gasteiger partial charge in [-0.05, 0) is 43.4 Å². The van der Waals surface area contributed by atoms with Gasteiger partial charge in [-0.1, -0.05) is 61.9 Å². The Kier molecular flexibility index (Phi) is 5.25. The van der Waals surface area contributed by atoms with Crippen LogP contribution >= 0.6 is 11.8 Å². The van der Waals surface area contributed by atoms with Crippen LogP contribution in [0.1, 0.15) is 50.2 Å².